The molecule has 0 aromatic heterocycles. The molecule has 1 aliphatic heterocycles. The van der Waals surface area contributed by atoms with E-state index in [2.05, 4.69) is 0 Å². The highest BCUT2D eigenvalue weighted by molar-refractivity contribution is 5.87. The van der Waals surface area contributed by atoms with E-state index >= 15 is 0 Å². The number of ether oxygens (including phenoxy) is 3. The summed E-state index contributed by atoms with van der Waals surface area (Å²) in [7, 11) is 0. The molecule has 0 spiro atoms. The van der Waals surface area contributed by atoms with E-state index in [1.54, 1.807) is 30.9 Å². The van der Waals surface area contributed by atoms with Crippen LogP contribution in [0.1, 0.15) is 45.0 Å². The Bertz CT molecular complexity index is 632. The zero-order valence-corrected chi connectivity index (χ0v) is 15.2. The van der Waals surface area contributed by atoms with Crippen LogP contribution in [0.25, 0.3) is 0 Å². The Morgan fingerprint density at radius 2 is 1.88 bits per heavy atom. The minimum Gasteiger partial charge on any atom is -0.491 e. The molecular formula is C18H25NO6. The molecule has 0 unspecified atom stereocenters. The number of benzene rings is 1. The molecule has 1 aliphatic rings. The van der Waals surface area contributed by atoms with Crippen LogP contribution < -0.4 is 4.74 Å². The van der Waals surface area contributed by atoms with Crippen molar-refractivity contribution in [2.24, 2.45) is 0 Å². The molecule has 1 saturated heterocycles. The summed E-state index contributed by atoms with van der Waals surface area (Å²) in [5.74, 6) is -0.465. The summed E-state index contributed by atoms with van der Waals surface area (Å²) in [6, 6.07) is 5.81. The van der Waals surface area contributed by atoms with Crippen LogP contribution in [0.5, 0.6) is 5.75 Å². The van der Waals surface area contributed by atoms with Gasteiger partial charge in [0.05, 0.1) is 18.2 Å². The third-order valence-corrected chi connectivity index (χ3v) is 3.71. The lowest BCUT2D eigenvalue weighted by Gasteiger charge is -2.35. The summed E-state index contributed by atoms with van der Waals surface area (Å²) in [4.78, 5) is 24.9. The molecule has 7 nitrogen and oxygen atoms in total. The molecule has 1 heterocycles. The number of carbonyl (C=O) groups is 2. The van der Waals surface area contributed by atoms with Gasteiger partial charge >= 0.3 is 12.1 Å². The Labute approximate surface area is 147 Å². The standard InChI is InChI=1S/C18H25NO6/c1-17(2,3)25-16(22)19-13(11-24-18(19,4)5)10-23-14-8-6-12(7-9-14)15(20)21/h6-9,13H,10-11H2,1-5H3,(H,20,21)/t13-/m1/s1. The van der Waals surface area contributed by atoms with Crippen molar-refractivity contribution in [3.8, 4) is 5.75 Å². The van der Waals surface area contributed by atoms with Crippen LogP contribution in [-0.4, -0.2) is 52.7 Å². The number of amides is 1. The lowest BCUT2D eigenvalue weighted by atomic mass is 10.2. The molecule has 1 aromatic carbocycles. The number of carbonyl (C=O) groups excluding carboxylic acids is 1. The lowest BCUT2D eigenvalue weighted by molar-refractivity contribution is -0.0637. The van der Waals surface area contributed by atoms with Crippen molar-refractivity contribution in [3.05, 3.63) is 29.8 Å². The lowest BCUT2D eigenvalue weighted by Crippen LogP contribution is -2.51. The van der Waals surface area contributed by atoms with Crippen molar-refractivity contribution in [3.63, 3.8) is 0 Å². The number of hydrogen-bond donors (Lipinski definition) is 1. The topological polar surface area (TPSA) is 85.3 Å². The Kier molecular flexibility index (Phi) is 5.27. The monoisotopic (exact) mass is 351 g/mol. The van der Waals surface area contributed by atoms with Gasteiger partial charge in [0.2, 0.25) is 0 Å². The molecule has 1 aromatic rings. The normalized spacial score (nSPS) is 19.6. The fraction of sp³-hybridized carbons (Fsp3) is 0.556. The SMILES string of the molecule is CC(C)(C)OC(=O)N1[C@H](COc2ccc(C(=O)O)cc2)COC1(C)C. The van der Waals surface area contributed by atoms with Crippen LogP contribution in [0.4, 0.5) is 4.79 Å². The largest absolute Gasteiger partial charge is 0.491 e. The summed E-state index contributed by atoms with van der Waals surface area (Å²) in [5, 5.41) is 8.91. The molecule has 1 N–H and O–H groups in total. The van der Waals surface area contributed by atoms with E-state index in [0.29, 0.717) is 12.4 Å². The summed E-state index contributed by atoms with van der Waals surface area (Å²) in [6.45, 7) is 9.59. The second-order valence-corrected chi connectivity index (χ2v) is 7.40. The van der Waals surface area contributed by atoms with E-state index in [1.807, 2.05) is 20.8 Å². The summed E-state index contributed by atoms with van der Waals surface area (Å²) < 4.78 is 16.9. The van der Waals surface area contributed by atoms with Crippen molar-refractivity contribution in [1.29, 1.82) is 0 Å². The minimum atomic E-state index is -0.992. The van der Waals surface area contributed by atoms with Crippen LogP contribution in [-0.2, 0) is 9.47 Å². The summed E-state index contributed by atoms with van der Waals surface area (Å²) >= 11 is 0. The van der Waals surface area contributed by atoms with E-state index in [9.17, 15) is 9.59 Å². The van der Waals surface area contributed by atoms with Gasteiger partial charge in [-0.1, -0.05) is 0 Å². The first-order valence-electron chi connectivity index (χ1n) is 8.12. The van der Waals surface area contributed by atoms with Crippen molar-refractivity contribution in [2.45, 2.75) is 52.0 Å². The predicted octanol–water partition coefficient (Wildman–Crippen LogP) is 3.14. The highest BCUT2D eigenvalue weighted by Gasteiger charge is 2.46. The molecule has 2 rings (SSSR count). The Morgan fingerprint density at radius 3 is 2.40 bits per heavy atom. The maximum absolute atomic E-state index is 12.5. The number of rotatable bonds is 4. The fourth-order valence-corrected chi connectivity index (χ4v) is 2.57. The van der Waals surface area contributed by atoms with Crippen molar-refractivity contribution in [1.82, 2.24) is 4.90 Å². The van der Waals surface area contributed by atoms with Crippen LogP contribution in [0.3, 0.4) is 0 Å². The van der Waals surface area contributed by atoms with Crippen LogP contribution >= 0.6 is 0 Å². The smallest absolute Gasteiger partial charge is 0.413 e. The first-order valence-corrected chi connectivity index (χ1v) is 8.12. The van der Waals surface area contributed by atoms with Gasteiger partial charge in [0.25, 0.3) is 0 Å². The van der Waals surface area contributed by atoms with Gasteiger partial charge in [0.15, 0.2) is 0 Å². The predicted molar refractivity (Wildman–Crippen MR) is 90.8 cm³/mol. The molecule has 1 fully saturated rings. The summed E-state index contributed by atoms with van der Waals surface area (Å²) in [5.41, 5.74) is -1.20. The van der Waals surface area contributed by atoms with Gasteiger partial charge in [0.1, 0.15) is 23.7 Å². The maximum Gasteiger partial charge on any atom is 0.413 e. The fourth-order valence-electron chi connectivity index (χ4n) is 2.57. The third kappa shape index (κ3) is 4.85. The Balaban J connectivity index is 2.04. The van der Waals surface area contributed by atoms with Crippen molar-refractivity contribution < 1.29 is 28.9 Å². The van der Waals surface area contributed by atoms with Gasteiger partial charge < -0.3 is 19.3 Å². The van der Waals surface area contributed by atoms with Gasteiger partial charge in [-0.05, 0) is 58.9 Å². The number of carboxylic acid groups (broad SMARTS) is 1. The van der Waals surface area contributed by atoms with Crippen molar-refractivity contribution in [2.75, 3.05) is 13.2 Å². The third-order valence-electron chi connectivity index (χ3n) is 3.71. The zero-order chi connectivity index (χ0) is 18.8. The Hall–Kier alpha value is -2.28. The molecule has 0 aliphatic carbocycles. The average molecular weight is 351 g/mol. The van der Waals surface area contributed by atoms with Crippen LogP contribution in [0.2, 0.25) is 0 Å². The van der Waals surface area contributed by atoms with Crippen molar-refractivity contribution >= 4 is 12.1 Å². The second-order valence-electron chi connectivity index (χ2n) is 7.40. The molecule has 25 heavy (non-hydrogen) atoms. The highest BCUT2D eigenvalue weighted by atomic mass is 16.6. The van der Waals surface area contributed by atoms with Gasteiger partial charge in [-0.15, -0.1) is 0 Å². The van der Waals surface area contributed by atoms with Crippen LogP contribution in [0, 0.1) is 0 Å². The highest BCUT2D eigenvalue weighted by Crippen LogP contribution is 2.29. The molecular weight excluding hydrogens is 326 g/mol. The molecule has 1 atom stereocenters. The molecule has 7 heteroatoms. The number of carboxylic acids is 1. The first kappa shape index (κ1) is 19.1. The second kappa shape index (κ2) is 6.92. The number of nitrogens with zero attached hydrogens (tertiary/aromatic N) is 1. The summed E-state index contributed by atoms with van der Waals surface area (Å²) in [6.07, 6.45) is -0.454. The molecule has 138 valence electrons. The average Bonchev–Trinajstić information content (AvgIpc) is 2.78. The van der Waals surface area contributed by atoms with Gasteiger partial charge in [-0.2, -0.15) is 0 Å². The van der Waals surface area contributed by atoms with E-state index in [0.717, 1.165) is 0 Å². The van der Waals surface area contributed by atoms with Gasteiger partial charge in [0, 0.05) is 0 Å². The zero-order valence-electron chi connectivity index (χ0n) is 15.2. The van der Waals surface area contributed by atoms with Crippen LogP contribution in [0.15, 0.2) is 24.3 Å². The van der Waals surface area contributed by atoms with E-state index < -0.39 is 23.4 Å². The molecule has 1 amide bonds. The maximum atomic E-state index is 12.5. The molecule has 0 saturated carbocycles. The van der Waals surface area contributed by atoms with Gasteiger partial charge in [-0.25, -0.2) is 9.59 Å². The molecule has 0 bridgehead atoms. The number of hydrogen-bond acceptors (Lipinski definition) is 5. The van der Waals surface area contributed by atoms with E-state index in [4.69, 9.17) is 19.3 Å². The quantitative estimate of drug-likeness (QED) is 0.897. The van der Waals surface area contributed by atoms with Gasteiger partial charge in [-0.3, -0.25) is 4.90 Å². The van der Waals surface area contributed by atoms with E-state index in [1.165, 1.54) is 12.1 Å². The number of aromatic carboxylic acids is 1. The minimum absolute atomic E-state index is 0.188. The first-order chi connectivity index (χ1) is 11.5. The Morgan fingerprint density at radius 1 is 1.28 bits per heavy atom. The molecule has 0 radical (unpaired) electrons. The van der Waals surface area contributed by atoms with E-state index in [-0.39, 0.29) is 18.2 Å².